The number of amides is 1. The number of halogens is 2. The van der Waals surface area contributed by atoms with Crippen molar-refractivity contribution in [2.75, 3.05) is 11.9 Å². The molecule has 0 aliphatic carbocycles. The Morgan fingerprint density at radius 1 is 1.15 bits per heavy atom. The highest BCUT2D eigenvalue weighted by molar-refractivity contribution is 6.37. The predicted octanol–water partition coefficient (Wildman–Crippen LogP) is 4.88. The number of hydrogen-bond donors (Lipinski definition) is 1. The van der Waals surface area contributed by atoms with E-state index in [0.29, 0.717) is 22.0 Å². The maximum atomic E-state index is 12.5. The quantitative estimate of drug-likeness (QED) is 0.707. The molecule has 7 heteroatoms. The Hall–Kier alpha value is -2.24. The molecular formula is C19H19Cl2NO4. The summed E-state index contributed by atoms with van der Waals surface area (Å²) in [4.78, 5) is 24.2. The third-order valence-electron chi connectivity index (χ3n) is 3.56. The van der Waals surface area contributed by atoms with Crippen LogP contribution in [0.15, 0.2) is 36.4 Å². The van der Waals surface area contributed by atoms with Gasteiger partial charge in [0.15, 0.2) is 6.10 Å². The molecule has 26 heavy (non-hydrogen) atoms. The third kappa shape index (κ3) is 5.13. The summed E-state index contributed by atoms with van der Waals surface area (Å²) in [6.07, 6.45) is -0.757. The minimum atomic E-state index is -0.757. The van der Waals surface area contributed by atoms with Crippen LogP contribution in [-0.4, -0.2) is 24.6 Å². The highest BCUT2D eigenvalue weighted by Crippen LogP contribution is 2.26. The first-order chi connectivity index (χ1) is 12.3. The number of esters is 1. The van der Waals surface area contributed by atoms with Crippen molar-refractivity contribution in [1.82, 2.24) is 0 Å². The van der Waals surface area contributed by atoms with Gasteiger partial charge in [-0.3, -0.25) is 4.79 Å². The summed E-state index contributed by atoms with van der Waals surface area (Å²) in [6, 6.07) is 9.80. The zero-order valence-electron chi connectivity index (χ0n) is 14.6. The SMILES string of the molecule is CCOC(=O)C(C)Oc1ccc(C)c(NC(=O)c2ccc(Cl)cc2Cl)c1. The van der Waals surface area contributed by atoms with E-state index in [1.54, 1.807) is 44.2 Å². The van der Waals surface area contributed by atoms with Crippen molar-refractivity contribution >= 4 is 40.8 Å². The van der Waals surface area contributed by atoms with Crippen LogP contribution in [0, 0.1) is 6.92 Å². The van der Waals surface area contributed by atoms with Gasteiger partial charge in [0.1, 0.15) is 5.75 Å². The van der Waals surface area contributed by atoms with Crippen molar-refractivity contribution in [3.8, 4) is 5.75 Å². The number of anilines is 1. The summed E-state index contributed by atoms with van der Waals surface area (Å²) in [5.74, 6) is -0.384. The first-order valence-electron chi connectivity index (χ1n) is 8.02. The van der Waals surface area contributed by atoms with Crippen LogP contribution in [0.25, 0.3) is 0 Å². The van der Waals surface area contributed by atoms with Gasteiger partial charge in [-0.05, 0) is 50.6 Å². The molecule has 5 nitrogen and oxygen atoms in total. The molecule has 2 rings (SSSR count). The van der Waals surface area contributed by atoms with Crippen LogP contribution in [-0.2, 0) is 9.53 Å². The molecule has 0 fully saturated rings. The smallest absolute Gasteiger partial charge is 0.347 e. The van der Waals surface area contributed by atoms with E-state index in [4.69, 9.17) is 32.7 Å². The van der Waals surface area contributed by atoms with Crippen molar-refractivity contribution in [3.63, 3.8) is 0 Å². The monoisotopic (exact) mass is 395 g/mol. The predicted molar refractivity (Wildman–Crippen MR) is 102 cm³/mol. The molecule has 1 atom stereocenters. The van der Waals surface area contributed by atoms with Crippen molar-refractivity contribution in [2.45, 2.75) is 26.9 Å². The molecule has 0 saturated heterocycles. The second-order valence-electron chi connectivity index (χ2n) is 5.57. The molecule has 2 aromatic rings. The van der Waals surface area contributed by atoms with Gasteiger partial charge in [-0.2, -0.15) is 0 Å². The molecule has 0 aliphatic rings. The first kappa shape index (κ1) is 20.1. The second kappa shape index (κ2) is 8.92. The van der Waals surface area contributed by atoms with Gasteiger partial charge in [0.2, 0.25) is 0 Å². The lowest BCUT2D eigenvalue weighted by Crippen LogP contribution is -2.26. The van der Waals surface area contributed by atoms with Crippen molar-refractivity contribution in [2.24, 2.45) is 0 Å². The van der Waals surface area contributed by atoms with Gasteiger partial charge in [0, 0.05) is 16.8 Å². The molecule has 0 heterocycles. The summed E-state index contributed by atoms with van der Waals surface area (Å²) < 4.78 is 10.5. The zero-order chi connectivity index (χ0) is 19.3. The standard InChI is InChI=1S/C19H19Cl2NO4/c1-4-25-19(24)12(3)26-14-7-5-11(2)17(10-14)22-18(23)15-8-6-13(20)9-16(15)21/h5-10,12H,4H2,1-3H3,(H,22,23). The number of carbonyl (C=O) groups is 2. The van der Waals surface area contributed by atoms with E-state index in [1.165, 1.54) is 6.07 Å². The average Bonchev–Trinajstić information content (AvgIpc) is 2.57. The minimum absolute atomic E-state index is 0.260. The number of rotatable bonds is 6. The van der Waals surface area contributed by atoms with E-state index in [2.05, 4.69) is 5.32 Å². The van der Waals surface area contributed by atoms with Crippen molar-refractivity contribution < 1.29 is 19.1 Å². The van der Waals surface area contributed by atoms with Crippen molar-refractivity contribution in [1.29, 1.82) is 0 Å². The lowest BCUT2D eigenvalue weighted by Gasteiger charge is -2.15. The molecule has 0 radical (unpaired) electrons. The first-order valence-corrected chi connectivity index (χ1v) is 8.77. The van der Waals surface area contributed by atoms with Gasteiger partial charge in [-0.1, -0.05) is 29.3 Å². The number of aryl methyl sites for hydroxylation is 1. The molecule has 0 aliphatic heterocycles. The van der Waals surface area contributed by atoms with Crippen LogP contribution in [0.1, 0.15) is 29.8 Å². The van der Waals surface area contributed by atoms with Crippen LogP contribution in [0.3, 0.4) is 0 Å². The Bertz CT molecular complexity index is 823. The Morgan fingerprint density at radius 2 is 1.88 bits per heavy atom. The van der Waals surface area contributed by atoms with Gasteiger partial charge in [0.25, 0.3) is 5.91 Å². The van der Waals surface area contributed by atoms with Gasteiger partial charge >= 0.3 is 5.97 Å². The molecule has 0 spiro atoms. The van der Waals surface area contributed by atoms with Crippen LogP contribution < -0.4 is 10.1 Å². The summed E-state index contributed by atoms with van der Waals surface area (Å²) in [6.45, 7) is 5.46. The topological polar surface area (TPSA) is 64.6 Å². The van der Waals surface area contributed by atoms with Crippen LogP contribution in [0.4, 0.5) is 5.69 Å². The minimum Gasteiger partial charge on any atom is -0.479 e. The molecule has 0 aromatic heterocycles. The Balaban J connectivity index is 2.16. The van der Waals surface area contributed by atoms with E-state index in [1.807, 2.05) is 6.92 Å². The third-order valence-corrected chi connectivity index (χ3v) is 4.11. The van der Waals surface area contributed by atoms with Crippen LogP contribution in [0.5, 0.6) is 5.75 Å². The van der Waals surface area contributed by atoms with Gasteiger partial charge < -0.3 is 14.8 Å². The van der Waals surface area contributed by atoms with Crippen LogP contribution >= 0.6 is 23.2 Å². The molecule has 0 bridgehead atoms. The second-order valence-corrected chi connectivity index (χ2v) is 6.41. The fourth-order valence-electron chi connectivity index (χ4n) is 2.18. The van der Waals surface area contributed by atoms with E-state index in [0.717, 1.165) is 5.56 Å². The zero-order valence-corrected chi connectivity index (χ0v) is 16.1. The highest BCUT2D eigenvalue weighted by atomic mass is 35.5. The number of carbonyl (C=O) groups excluding carboxylic acids is 2. The number of nitrogens with one attached hydrogen (secondary N) is 1. The average molecular weight is 396 g/mol. The molecule has 2 aromatic carbocycles. The van der Waals surface area contributed by atoms with Gasteiger partial charge in [-0.15, -0.1) is 0 Å². The summed E-state index contributed by atoms with van der Waals surface area (Å²) >= 11 is 11.9. The maximum Gasteiger partial charge on any atom is 0.347 e. The molecule has 138 valence electrons. The Morgan fingerprint density at radius 3 is 2.54 bits per heavy atom. The fraction of sp³-hybridized carbons (Fsp3) is 0.263. The van der Waals surface area contributed by atoms with Crippen molar-refractivity contribution in [3.05, 3.63) is 57.6 Å². The summed E-state index contributed by atoms with van der Waals surface area (Å²) in [7, 11) is 0. The Kier molecular flexibility index (Phi) is 6.89. The molecule has 1 N–H and O–H groups in total. The summed E-state index contributed by atoms with van der Waals surface area (Å²) in [5.41, 5.74) is 1.69. The van der Waals surface area contributed by atoms with Gasteiger partial charge in [-0.25, -0.2) is 4.79 Å². The van der Waals surface area contributed by atoms with E-state index in [-0.39, 0.29) is 17.5 Å². The molecule has 1 unspecified atom stereocenters. The molecular weight excluding hydrogens is 377 g/mol. The van der Waals surface area contributed by atoms with Gasteiger partial charge in [0.05, 0.1) is 17.2 Å². The normalized spacial score (nSPS) is 11.6. The number of ether oxygens (including phenoxy) is 2. The number of hydrogen-bond acceptors (Lipinski definition) is 4. The maximum absolute atomic E-state index is 12.5. The molecule has 1 amide bonds. The lowest BCUT2D eigenvalue weighted by atomic mass is 10.1. The fourth-order valence-corrected chi connectivity index (χ4v) is 2.68. The molecule has 0 saturated carbocycles. The number of benzene rings is 2. The largest absolute Gasteiger partial charge is 0.479 e. The van der Waals surface area contributed by atoms with E-state index >= 15 is 0 Å². The Labute approximate surface area is 162 Å². The van der Waals surface area contributed by atoms with E-state index in [9.17, 15) is 9.59 Å². The van der Waals surface area contributed by atoms with Crippen LogP contribution in [0.2, 0.25) is 10.0 Å². The highest BCUT2D eigenvalue weighted by Gasteiger charge is 2.17. The van der Waals surface area contributed by atoms with E-state index < -0.39 is 12.1 Å². The lowest BCUT2D eigenvalue weighted by molar-refractivity contribution is -0.150. The summed E-state index contributed by atoms with van der Waals surface area (Å²) in [5, 5.41) is 3.50.